The molecule has 0 saturated heterocycles. The third-order valence-electron chi connectivity index (χ3n) is 9.18. The van der Waals surface area contributed by atoms with Crippen LogP contribution >= 0.6 is 0 Å². The highest BCUT2D eigenvalue weighted by molar-refractivity contribution is 6.10. The lowest BCUT2D eigenvalue weighted by molar-refractivity contribution is 0.249. The fraction of sp³-hybridized carbons (Fsp3) is 0.200. The van der Waals surface area contributed by atoms with Gasteiger partial charge in [-0.25, -0.2) is 0 Å². The molecule has 0 heterocycles. The maximum absolute atomic E-state index is 12.1. The molecule has 0 aliphatic heterocycles. The summed E-state index contributed by atoms with van der Waals surface area (Å²) in [6.07, 6.45) is 0. The normalized spacial score (nSPS) is 13.1. The van der Waals surface area contributed by atoms with Crippen molar-refractivity contribution in [3.8, 4) is 22.6 Å². The van der Waals surface area contributed by atoms with Crippen LogP contribution in [0.5, 0.6) is 11.5 Å². The van der Waals surface area contributed by atoms with Crippen LogP contribution in [0.2, 0.25) is 0 Å². The monoisotopic (exact) mass is 580 g/mol. The summed E-state index contributed by atoms with van der Waals surface area (Å²) < 4.78 is 0. The molecule has 0 spiro atoms. The van der Waals surface area contributed by atoms with Crippen LogP contribution in [0, 0.1) is 0 Å². The van der Waals surface area contributed by atoms with Crippen LogP contribution in [0.3, 0.4) is 0 Å². The molecule has 4 nitrogen and oxygen atoms in total. The second-order valence-corrected chi connectivity index (χ2v) is 12.0. The van der Waals surface area contributed by atoms with Crippen molar-refractivity contribution >= 4 is 21.5 Å². The molecular weight excluding hydrogens is 540 g/mol. The first-order chi connectivity index (χ1) is 21.3. The number of hydrogen-bond acceptors (Lipinski definition) is 4. The standard InChI is InChI=1S/C40H40N2O2/c1-27(29-15-7-5-8-16-29)41(3)25-33-23-31-19-11-13-21-35(31)37(39(33)43)38-36-22-14-12-20-32(36)24-34(40(38)44)26-42(4)28(2)30-17-9-6-10-18-30/h5-24,27-28,43-44H,25-26H2,1-4H3/t27-,28-/m0/s1. The maximum Gasteiger partial charge on any atom is 0.128 e. The zero-order valence-electron chi connectivity index (χ0n) is 25.9. The zero-order valence-corrected chi connectivity index (χ0v) is 25.9. The van der Waals surface area contributed by atoms with Crippen LogP contribution < -0.4 is 0 Å². The minimum absolute atomic E-state index is 0.158. The van der Waals surface area contributed by atoms with E-state index in [0.29, 0.717) is 24.2 Å². The predicted molar refractivity (Wildman–Crippen MR) is 183 cm³/mol. The summed E-state index contributed by atoms with van der Waals surface area (Å²) in [5.41, 5.74) is 5.45. The van der Waals surface area contributed by atoms with Gasteiger partial charge in [0.25, 0.3) is 0 Å². The van der Waals surface area contributed by atoms with E-state index >= 15 is 0 Å². The molecule has 0 saturated carbocycles. The Balaban J connectivity index is 1.48. The van der Waals surface area contributed by atoms with Gasteiger partial charge in [-0.1, -0.05) is 109 Å². The average molecular weight is 581 g/mol. The lowest BCUT2D eigenvalue weighted by Gasteiger charge is -2.27. The van der Waals surface area contributed by atoms with Crippen molar-refractivity contribution < 1.29 is 10.2 Å². The molecule has 0 amide bonds. The van der Waals surface area contributed by atoms with Gasteiger partial charge in [-0.15, -0.1) is 0 Å². The molecule has 6 aromatic rings. The minimum Gasteiger partial charge on any atom is -0.507 e. The van der Waals surface area contributed by atoms with Gasteiger partial charge < -0.3 is 10.2 Å². The molecule has 44 heavy (non-hydrogen) atoms. The third kappa shape index (κ3) is 5.67. The second-order valence-electron chi connectivity index (χ2n) is 12.0. The van der Waals surface area contributed by atoms with Gasteiger partial charge in [0.2, 0.25) is 0 Å². The molecule has 0 aliphatic rings. The molecule has 222 valence electrons. The largest absolute Gasteiger partial charge is 0.507 e. The molecule has 0 aliphatic carbocycles. The Morgan fingerprint density at radius 3 is 1.23 bits per heavy atom. The number of rotatable bonds is 9. The van der Waals surface area contributed by atoms with Gasteiger partial charge in [-0.05, 0) is 72.7 Å². The van der Waals surface area contributed by atoms with Gasteiger partial charge in [-0.3, -0.25) is 9.80 Å². The summed E-state index contributed by atoms with van der Waals surface area (Å²) in [6, 6.07) is 41.6. The number of aromatic hydroxyl groups is 2. The van der Waals surface area contributed by atoms with E-state index in [2.05, 4.69) is 111 Å². The lowest BCUT2D eigenvalue weighted by atomic mass is 9.88. The van der Waals surface area contributed by atoms with E-state index in [1.807, 2.05) is 48.5 Å². The highest BCUT2D eigenvalue weighted by atomic mass is 16.3. The Morgan fingerprint density at radius 2 is 0.841 bits per heavy atom. The summed E-state index contributed by atoms with van der Waals surface area (Å²) in [4.78, 5) is 4.49. The van der Waals surface area contributed by atoms with Gasteiger partial charge >= 0.3 is 0 Å². The average Bonchev–Trinajstić information content (AvgIpc) is 3.06. The molecule has 0 aromatic heterocycles. The van der Waals surface area contributed by atoms with Gasteiger partial charge in [0.15, 0.2) is 0 Å². The van der Waals surface area contributed by atoms with Crippen molar-refractivity contribution in [2.24, 2.45) is 0 Å². The highest BCUT2D eigenvalue weighted by Crippen LogP contribution is 2.48. The minimum atomic E-state index is 0.158. The molecule has 4 heteroatoms. The number of benzene rings is 6. The summed E-state index contributed by atoms with van der Waals surface area (Å²) in [5, 5.41) is 28.1. The summed E-state index contributed by atoms with van der Waals surface area (Å²) >= 11 is 0. The van der Waals surface area contributed by atoms with Crippen LogP contribution in [0.4, 0.5) is 0 Å². The van der Waals surface area contributed by atoms with Crippen molar-refractivity contribution in [2.75, 3.05) is 14.1 Å². The summed E-state index contributed by atoms with van der Waals surface area (Å²) in [7, 11) is 4.17. The zero-order chi connectivity index (χ0) is 30.8. The quantitative estimate of drug-likeness (QED) is 0.179. The molecule has 0 radical (unpaired) electrons. The molecule has 6 rings (SSSR count). The topological polar surface area (TPSA) is 46.9 Å². The Labute approximate surface area is 260 Å². The molecule has 0 fully saturated rings. The first-order valence-electron chi connectivity index (χ1n) is 15.3. The van der Waals surface area contributed by atoms with Crippen LogP contribution in [-0.4, -0.2) is 34.1 Å². The van der Waals surface area contributed by atoms with Crippen molar-refractivity contribution in [3.05, 3.63) is 144 Å². The van der Waals surface area contributed by atoms with Crippen LogP contribution in [-0.2, 0) is 13.1 Å². The van der Waals surface area contributed by atoms with E-state index in [4.69, 9.17) is 0 Å². The van der Waals surface area contributed by atoms with Gasteiger partial charge in [0.05, 0.1) is 0 Å². The van der Waals surface area contributed by atoms with E-state index in [9.17, 15) is 10.2 Å². The molecule has 2 atom stereocenters. The van der Waals surface area contributed by atoms with Crippen LogP contribution in [0.1, 0.15) is 48.2 Å². The van der Waals surface area contributed by atoms with Crippen molar-refractivity contribution in [1.29, 1.82) is 0 Å². The van der Waals surface area contributed by atoms with Crippen LogP contribution in [0.15, 0.2) is 121 Å². The predicted octanol–water partition coefficient (Wildman–Crippen LogP) is 9.46. The molecular formula is C40H40N2O2. The Hall–Kier alpha value is -4.64. The first-order valence-corrected chi connectivity index (χ1v) is 15.3. The Kier molecular flexibility index (Phi) is 8.38. The lowest BCUT2D eigenvalue weighted by Crippen LogP contribution is -2.22. The third-order valence-corrected chi connectivity index (χ3v) is 9.18. The van der Waals surface area contributed by atoms with Crippen molar-refractivity contribution in [3.63, 3.8) is 0 Å². The molecule has 2 N–H and O–H groups in total. The number of phenolic OH excluding ortho intramolecular Hbond substituents is 2. The number of fused-ring (bicyclic) bond motifs is 2. The molecule has 6 aromatic carbocycles. The SMILES string of the molecule is C[C@@H](c1ccccc1)N(C)Cc1cc2ccccc2c(-c2c(O)c(CN(C)[C@@H](C)c3ccccc3)cc3ccccc23)c1O. The Morgan fingerprint density at radius 1 is 0.500 bits per heavy atom. The van der Waals surface area contributed by atoms with E-state index in [1.54, 1.807) is 0 Å². The first kappa shape index (κ1) is 29.4. The van der Waals surface area contributed by atoms with Crippen molar-refractivity contribution in [2.45, 2.75) is 39.0 Å². The smallest absolute Gasteiger partial charge is 0.128 e. The fourth-order valence-electron chi connectivity index (χ4n) is 6.32. The second kappa shape index (κ2) is 12.5. The number of nitrogens with zero attached hydrogens (tertiary/aromatic N) is 2. The highest BCUT2D eigenvalue weighted by Gasteiger charge is 2.24. The van der Waals surface area contributed by atoms with Gasteiger partial charge in [-0.2, -0.15) is 0 Å². The van der Waals surface area contributed by atoms with Crippen molar-refractivity contribution in [1.82, 2.24) is 9.80 Å². The molecule has 0 unspecified atom stereocenters. The van der Waals surface area contributed by atoms with E-state index in [-0.39, 0.29) is 23.6 Å². The van der Waals surface area contributed by atoms with E-state index in [0.717, 1.165) is 32.7 Å². The number of hydrogen-bond donors (Lipinski definition) is 2. The van der Waals surface area contributed by atoms with E-state index in [1.165, 1.54) is 11.1 Å². The van der Waals surface area contributed by atoms with Gasteiger partial charge in [0, 0.05) is 47.4 Å². The van der Waals surface area contributed by atoms with E-state index < -0.39 is 0 Å². The fourth-order valence-corrected chi connectivity index (χ4v) is 6.32. The van der Waals surface area contributed by atoms with Gasteiger partial charge in [0.1, 0.15) is 11.5 Å². The number of phenols is 2. The molecule has 0 bridgehead atoms. The Bertz CT molecular complexity index is 1760. The van der Waals surface area contributed by atoms with Crippen LogP contribution in [0.25, 0.3) is 32.7 Å². The summed E-state index contributed by atoms with van der Waals surface area (Å²) in [6.45, 7) is 5.47. The maximum atomic E-state index is 12.1. The summed E-state index contributed by atoms with van der Waals surface area (Å²) in [5.74, 6) is 0.416.